The Kier molecular flexibility index (Phi) is 5.61. The van der Waals surface area contributed by atoms with E-state index in [0.717, 1.165) is 29.3 Å². The van der Waals surface area contributed by atoms with E-state index in [2.05, 4.69) is 21.2 Å². The molecule has 2 N–H and O–H groups in total. The molecule has 1 aromatic carbocycles. The van der Waals surface area contributed by atoms with Crippen LogP contribution >= 0.6 is 15.9 Å². The zero-order chi connectivity index (χ0) is 15.2. The zero-order valence-corrected chi connectivity index (χ0v) is 13.3. The molecule has 2 rings (SSSR count). The van der Waals surface area contributed by atoms with E-state index < -0.39 is 5.97 Å². The van der Waals surface area contributed by atoms with Gasteiger partial charge in [-0.2, -0.15) is 0 Å². The predicted octanol–water partition coefficient (Wildman–Crippen LogP) is 2.99. The summed E-state index contributed by atoms with van der Waals surface area (Å²) in [5, 5.41) is 11.8. The number of amides is 2. The third kappa shape index (κ3) is 4.74. The van der Waals surface area contributed by atoms with Crippen LogP contribution in [0.3, 0.4) is 0 Å². The molecule has 1 fully saturated rings. The maximum absolute atomic E-state index is 12.3. The van der Waals surface area contributed by atoms with E-state index in [1.165, 1.54) is 0 Å². The number of aliphatic carboxylic acids is 1. The van der Waals surface area contributed by atoms with Crippen LogP contribution in [0.5, 0.6) is 0 Å². The molecule has 2 amide bonds. The van der Waals surface area contributed by atoms with E-state index in [4.69, 9.17) is 5.11 Å². The van der Waals surface area contributed by atoms with Gasteiger partial charge in [0.05, 0.1) is 6.42 Å². The van der Waals surface area contributed by atoms with Gasteiger partial charge in [-0.3, -0.25) is 4.79 Å². The lowest BCUT2D eigenvalue weighted by Crippen LogP contribution is -2.49. The molecule has 1 heterocycles. The summed E-state index contributed by atoms with van der Waals surface area (Å²) in [6.45, 7) is 1.07. The summed E-state index contributed by atoms with van der Waals surface area (Å²) in [6.07, 6.45) is 2.69. The molecular weight excluding hydrogens is 336 g/mol. The maximum Gasteiger partial charge on any atom is 0.317 e. The number of rotatable bonds is 4. The predicted molar refractivity (Wildman–Crippen MR) is 83.0 cm³/mol. The fourth-order valence-electron chi connectivity index (χ4n) is 2.61. The Balaban J connectivity index is 1.92. The Morgan fingerprint density at radius 3 is 2.90 bits per heavy atom. The molecule has 0 aromatic heterocycles. The largest absolute Gasteiger partial charge is 0.481 e. The maximum atomic E-state index is 12.3. The Labute approximate surface area is 132 Å². The van der Waals surface area contributed by atoms with Gasteiger partial charge in [0, 0.05) is 23.6 Å². The minimum Gasteiger partial charge on any atom is -0.481 e. The Hall–Kier alpha value is -1.56. The van der Waals surface area contributed by atoms with Crippen LogP contribution in [0.25, 0.3) is 0 Å². The molecular formula is C15H19BrN2O3. The molecule has 0 saturated carbocycles. The Morgan fingerprint density at radius 1 is 1.38 bits per heavy atom. The fraction of sp³-hybridized carbons (Fsp3) is 0.467. The van der Waals surface area contributed by atoms with E-state index in [-0.39, 0.29) is 18.5 Å². The summed E-state index contributed by atoms with van der Waals surface area (Å²) in [7, 11) is 0. The number of nitrogens with one attached hydrogen (secondary N) is 1. The van der Waals surface area contributed by atoms with Crippen LogP contribution in [0.15, 0.2) is 28.7 Å². The van der Waals surface area contributed by atoms with Gasteiger partial charge in [-0.05, 0) is 37.0 Å². The Bertz CT molecular complexity index is 521. The highest BCUT2D eigenvalue weighted by Crippen LogP contribution is 2.20. The number of halogens is 1. The number of carbonyl (C=O) groups is 2. The second-order valence-electron chi connectivity index (χ2n) is 5.23. The first kappa shape index (κ1) is 15.8. The van der Waals surface area contributed by atoms with Gasteiger partial charge in [0.25, 0.3) is 0 Å². The fourth-order valence-corrected chi connectivity index (χ4v) is 3.05. The van der Waals surface area contributed by atoms with Crippen LogP contribution < -0.4 is 5.32 Å². The van der Waals surface area contributed by atoms with Crippen molar-refractivity contribution in [2.45, 2.75) is 38.3 Å². The second kappa shape index (κ2) is 7.45. The van der Waals surface area contributed by atoms with E-state index >= 15 is 0 Å². The number of carbonyl (C=O) groups excluding carboxylic acids is 1. The number of carboxylic acids is 1. The Morgan fingerprint density at radius 2 is 2.19 bits per heavy atom. The number of nitrogens with zero attached hydrogens (tertiary/aromatic N) is 1. The van der Waals surface area contributed by atoms with Gasteiger partial charge in [-0.25, -0.2) is 4.79 Å². The summed E-state index contributed by atoms with van der Waals surface area (Å²) in [6, 6.07) is 7.36. The second-order valence-corrected chi connectivity index (χ2v) is 6.15. The molecule has 1 saturated heterocycles. The molecule has 0 spiro atoms. The van der Waals surface area contributed by atoms with Crippen molar-refractivity contribution in [3.05, 3.63) is 34.3 Å². The van der Waals surface area contributed by atoms with Crippen molar-refractivity contribution in [1.29, 1.82) is 0 Å². The molecule has 21 heavy (non-hydrogen) atoms. The van der Waals surface area contributed by atoms with Crippen molar-refractivity contribution in [2.75, 3.05) is 6.54 Å². The molecule has 5 nitrogen and oxygen atoms in total. The zero-order valence-electron chi connectivity index (χ0n) is 11.7. The summed E-state index contributed by atoms with van der Waals surface area (Å²) in [4.78, 5) is 24.8. The van der Waals surface area contributed by atoms with Gasteiger partial charge in [0.1, 0.15) is 0 Å². The summed E-state index contributed by atoms with van der Waals surface area (Å²) in [5.74, 6) is -0.855. The van der Waals surface area contributed by atoms with Crippen LogP contribution in [-0.4, -0.2) is 34.6 Å². The average Bonchev–Trinajstić information content (AvgIpc) is 2.45. The van der Waals surface area contributed by atoms with Crippen molar-refractivity contribution in [1.82, 2.24) is 10.2 Å². The molecule has 114 valence electrons. The smallest absolute Gasteiger partial charge is 0.317 e. The molecule has 1 aromatic rings. The van der Waals surface area contributed by atoms with Gasteiger partial charge in [-0.1, -0.05) is 28.1 Å². The number of urea groups is 1. The first-order chi connectivity index (χ1) is 10.1. The number of carboxylic acid groups (broad SMARTS) is 1. The third-order valence-electron chi connectivity index (χ3n) is 3.63. The minimum absolute atomic E-state index is 0.0182. The van der Waals surface area contributed by atoms with Crippen molar-refractivity contribution in [2.24, 2.45) is 0 Å². The summed E-state index contributed by atoms with van der Waals surface area (Å²) < 4.78 is 0.968. The SMILES string of the molecule is O=C(O)CC1CCCCN1C(=O)NCc1cccc(Br)c1. The summed E-state index contributed by atoms with van der Waals surface area (Å²) in [5.41, 5.74) is 1.00. The number of benzene rings is 1. The highest BCUT2D eigenvalue weighted by molar-refractivity contribution is 9.10. The number of hydrogen-bond donors (Lipinski definition) is 2. The third-order valence-corrected chi connectivity index (χ3v) is 4.12. The molecule has 1 aliphatic heterocycles. The van der Waals surface area contributed by atoms with Crippen molar-refractivity contribution >= 4 is 27.9 Å². The van der Waals surface area contributed by atoms with Crippen molar-refractivity contribution in [3.63, 3.8) is 0 Å². The first-order valence-electron chi connectivity index (χ1n) is 7.07. The first-order valence-corrected chi connectivity index (χ1v) is 7.86. The topological polar surface area (TPSA) is 69.6 Å². The van der Waals surface area contributed by atoms with Gasteiger partial charge >= 0.3 is 12.0 Å². The average molecular weight is 355 g/mol. The van der Waals surface area contributed by atoms with Crippen LogP contribution in [0.2, 0.25) is 0 Å². The van der Waals surface area contributed by atoms with Gasteiger partial charge < -0.3 is 15.3 Å². The van der Waals surface area contributed by atoms with E-state index in [0.29, 0.717) is 13.1 Å². The van der Waals surface area contributed by atoms with Crippen molar-refractivity contribution in [3.8, 4) is 0 Å². The minimum atomic E-state index is -0.855. The van der Waals surface area contributed by atoms with Crippen LogP contribution in [0, 0.1) is 0 Å². The lowest BCUT2D eigenvalue weighted by Gasteiger charge is -2.34. The highest BCUT2D eigenvalue weighted by Gasteiger charge is 2.28. The standard InChI is InChI=1S/C15H19BrN2O3/c16-12-5-3-4-11(8-12)10-17-15(21)18-7-2-1-6-13(18)9-14(19)20/h3-5,8,13H,1-2,6-7,9-10H2,(H,17,21)(H,19,20). The molecule has 6 heteroatoms. The van der Waals surface area contributed by atoms with Gasteiger partial charge in [0.2, 0.25) is 0 Å². The lowest BCUT2D eigenvalue weighted by molar-refractivity contribution is -0.138. The van der Waals surface area contributed by atoms with Crippen molar-refractivity contribution < 1.29 is 14.7 Å². The number of likely N-dealkylation sites (tertiary alicyclic amines) is 1. The van der Waals surface area contributed by atoms with Crippen LogP contribution in [0.4, 0.5) is 4.79 Å². The number of piperidine rings is 1. The molecule has 0 bridgehead atoms. The van der Waals surface area contributed by atoms with E-state index in [1.807, 2.05) is 24.3 Å². The highest BCUT2D eigenvalue weighted by atomic mass is 79.9. The molecule has 0 radical (unpaired) electrons. The lowest BCUT2D eigenvalue weighted by atomic mass is 10.00. The van der Waals surface area contributed by atoms with Crippen LogP contribution in [-0.2, 0) is 11.3 Å². The van der Waals surface area contributed by atoms with E-state index in [9.17, 15) is 9.59 Å². The molecule has 1 atom stereocenters. The molecule has 0 aliphatic carbocycles. The molecule has 1 aliphatic rings. The molecule has 1 unspecified atom stereocenters. The van der Waals surface area contributed by atoms with Gasteiger partial charge in [-0.15, -0.1) is 0 Å². The quantitative estimate of drug-likeness (QED) is 0.872. The monoisotopic (exact) mass is 354 g/mol. The summed E-state index contributed by atoms with van der Waals surface area (Å²) >= 11 is 3.39. The van der Waals surface area contributed by atoms with Gasteiger partial charge in [0.15, 0.2) is 0 Å². The number of hydrogen-bond acceptors (Lipinski definition) is 2. The van der Waals surface area contributed by atoms with E-state index in [1.54, 1.807) is 4.90 Å². The normalized spacial score (nSPS) is 18.3. The van der Waals surface area contributed by atoms with Crippen LogP contribution in [0.1, 0.15) is 31.2 Å².